The van der Waals surface area contributed by atoms with Crippen LogP contribution in [0.1, 0.15) is 32.8 Å². The summed E-state index contributed by atoms with van der Waals surface area (Å²) in [6.07, 6.45) is -4.63. The predicted octanol–water partition coefficient (Wildman–Crippen LogP) is 3.96. The molecule has 0 fully saturated rings. The molecule has 0 aliphatic heterocycles. The summed E-state index contributed by atoms with van der Waals surface area (Å²) >= 11 is 5.56. The van der Waals surface area contributed by atoms with E-state index in [1.165, 1.54) is 0 Å². The van der Waals surface area contributed by atoms with Crippen molar-refractivity contribution < 1.29 is 18.3 Å². The number of hydrogen-bond donors (Lipinski definition) is 2. The van der Waals surface area contributed by atoms with Gasteiger partial charge in [-0.1, -0.05) is 32.4 Å². The average Bonchev–Trinajstić information content (AvgIpc) is 2.22. The molecule has 1 atom stereocenters. The Labute approximate surface area is 121 Å². The van der Waals surface area contributed by atoms with E-state index in [0.29, 0.717) is 6.42 Å². The lowest BCUT2D eigenvalue weighted by Crippen LogP contribution is -2.25. The molecule has 7 heteroatoms. The third-order valence-electron chi connectivity index (χ3n) is 2.49. The molecule has 1 rings (SSSR count). The highest BCUT2D eigenvalue weighted by atomic mass is 35.5. The van der Waals surface area contributed by atoms with Crippen LogP contribution < -0.4 is 5.32 Å². The molecule has 0 saturated carbocycles. The zero-order valence-electron chi connectivity index (χ0n) is 11.6. The number of aromatic nitrogens is 1. The molecule has 0 aromatic carbocycles. The molecule has 1 aromatic heterocycles. The summed E-state index contributed by atoms with van der Waals surface area (Å²) in [5.74, 6) is -0.00205. The van der Waals surface area contributed by atoms with E-state index in [1.54, 1.807) is 0 Å². The Morgan fingerprint density at radius 1 is 1.30 bits per heavy atom. The maximum Gasteiger partial charge on any atom is 0.416 e. The van der Waals surface area contributed by atoms with Crippen LogP contribution in [0, 0.1) is 5.41 Å². The molecule has 0 saturated heterocycles. The van der Waals surface area contributed by atoms with Gasteiger partial charge in [0.25, 0.3) is 0 Å². The average molecular weight is 311 g/mol. The van der Waals surface area contributed by atoms with E-state index in [0.717, 1.165) is 12.1 Å². The van der Waals surface area contributed by atoms with Crippen molar-refractivity contribution in [1.29, 1.82) is 0 Å². The van der Waals surface area contributed by atoms with Gasteiger partial charge in [-0.2, -0.15) is 13.2 Å². The second-order valence-electron chi connectivity index (χ2n) is 5.86. The van der Waals surface area contributed by atoms with E-state index in [1.807, 2.05) is 20.8 Å². The number of halogens is 4. The molecule has 0 radical (unpaired) electrons. The second-order valence-corrected chi connectivity index (χ2v) is 6.25. The number of aliphatic hydroxyl groups is 1. The van der Waals surface area contributed by atoms with Gasteiger partial charge in [0.1, 0.15) is 11.0 Å². The van der Waals surface area contributed by atoms with Crippen molar-refractivity contribution in [2.24, 2.45) is 5.41 Å². The minimum absolute atomic E-state index is 0.00205. The topological polar surface area (TPSA) is 45.1 Å². The van der Waals surface area contributed by atoms with Crippen molar-refractivity contribution >= 4 is 17.4 Å². The molecule has 0 aliphatic rings. The molecule has 20 heavy (non-hydrogen) atoms. The monoisotopic (exact) mass is 310 g/mol. The summed E-state index contributed by atoms with van der Waals surface area (Å²) in [5.41, 5.74) is -0.940. The minimum Gasteiger partial charge on any atom is -0.391 e. The summed E-state index contributed by atoms with van der Waals surface area (Å²) in [6, 6.07) is 1.63. The van der Waals surface area contributed by atoms with Crippen LogP contribution in [0.4, 0.5) is 19.0 Å². The summed E-state index contributed by atoms with van der Waals surface area (Å²) < 4.78 is 37.8. The summed E-state index contributed by atoms with van der Waals surface area (Å²) in [7, 11) is 0. The molecule has 2 N–H and O–H groups in total. The van der Waals surface area contributed by atoms with Crippen molar-refractivity contribution in [3.63, 3.8) is 0 Å². The van der Waals surface area contributed by atoms with Crippen molar-refractivity contribution in [2.45, 2.75) is 39.5 Å². The SMILES string of the molecule is CC(C)(C)CC(O)CNc1cc(C(F)(F)F)cc(Cl)n1. The highest BCUT2D eigenvalue weighted by Crippen LogP contribution is 2.32. The summed E-state index contributed by atoms with van der Waals surface area (Å²) in [6.45, 7) is 6.02. The normalized spacial score (nSPS) is 14.2. The number of pyridine rings is 1. The molecule has 0 aliphatic carbocycles. The van der Waals surface area contributed by atoms with E-state index in [-0.39, 0.29) is 22.9 Å². The Hall–Kier alpha value is -1.01. The summed E-state index contributed by atoms with van der Waals surface area (Å²) in [5, 5.41) is 12.2. The zero-order valence-corrected chi connectivity index (χ0v) is 12.3. The van der Waals surface area contributed by atoms with Crippen molar-refractivity contribution in [1.82, 2.24) is 4.98 Å². The van der Waals surface area contributed by atoms with E-state index < -0.39 is 17.8 Å². The van der Waals surface area contributed by atoms with Gasteiger partial charge >= 0.3 is 6.18 Å². The van der Waals surface area contributed by atoms with Gasteiger partial charge in [-0.15, -0.1) is 0 Å². The van der Waals surface area contributed by atoms with E-state index in [9.17, 15) is 18.3 Å². The fourth-order valence-corrected chi connectivity index (χ4v) is 1.96. The first-order valence-electron chi connectivity index (χ1n) is 6.14. The molecule has 3 nitrogen and oxygen atoms in total. The van der Waals surface area contributed by atoms with Gasteiger partial charge in [-0.05, 0) is 24.0 Å². The second kappa shape index (κ2) is 6.18. The largest absolute Gasteiger partial charge is 0.416 e. The Kier molecular flexibility index (Phi) is 5.27. The van der Waals surface area contributed by atoms with Gasteiger partial charge in [-0.3, -0.25) is 0 Å². The summed E-state index contributed by atoms with van der Waals surface area (Å²) in [4.78, 5) is 3.76. The smallest absolute Gasteiger partial charge is 0.391 e. The number of aliphatic hydroxyl groups excluding tert-OH is 1. The highest BCUT2D eigenvalue weighted by molar-refractivity contribution is 6.29. The maximum absolute atomic E-state index is 12.6. The van der Waals surface area contributed by atoms with Gasteiger partial charge in [-0.25, -0.2) is 4.98 Å². The Balaban J connectivity index is 2.71. The first kappa shape index (κ1) is 17.0. The Morgan fingerprint density at radius 3 is 2.40 bits per heavy atom. The van der Waals surface area contributed by atoms with Gasteiger partial charge in [0, 0.05) is 6.54 Å². The number of nitrogens with zero attached hydrogens (tertiary/aromatic N) is 1. The Morgan fingerprint density at radius 2 is 1.90 bits per heavy atom. The van der Waals surface area contributed by atoms with Crippen molar-refractivity contribution in [3.05, 3.63) is 22.8 Å². The maximum atomic E-state index is 12.6. The fourth-order valence-electron chi connectivity index (χ4n) is 1.75. The number of nitrogens with one attached hydrogen (secondary N) is 1. The number of anilines is 1. The number of rotatable bonds is 4. The number of alkyl halides is 3. The lowest BCUT2D eigenvalue weighted by atomic mass is 9.89. The van der Waals surface area contributed by atoms with Crippen LogP contribution >= 0.6 is 11.6 Å². The highest BCUT2D eigenvalue weighted by Gasteiger charge is 2.31. The molecule has 114 valence electrons. The van der Waals surface area contributed by atoms with Crippen LogP contribution in [-0.4, -0.2) is 22.7 Å². The first-order valence-corrected chi connectivity index (χ1v) is 6.52. The van der Waals surface area contributed by atoms with Crippen molar-refractivity contribution in [2.75, 3.05) is 11.9 Å². The van der Waals surface area contributed by atoms with Crippen LogP contribution in [0.2, 0.25) is 5.15 Å². The molecule has 0 amide bonds. The minimum atomic E-state index is -4.48. The van der Waals surface area contributed by atoms with Gasteiger partial charge < -0.3 is 10.4 Å². The zero-order chi connectivity index (χ0) is 15.6. The molecule has 0 spiro atoms. The van der Waals surface area contributed by atoms with E-state index in [2.05, 4.69) is 10.3 Å². The standard InChI is InChI=1S/C13H18ClF3N2O/c1-12(2,3)6-9(20)7-18-11-5-8(13(15,16)17)4-10(14)19-11/h4-5,9,20H,6-7H2,1-3H3,(H,18,19). The predicted molar refractivity (Wildman–Crippen MR) is 72.8 cm³/mol. The molecule has 0 bridgehead atoms. The quantitative estimate of drug-likeness (QED) is 0.827. The van der Waals surface area contributed by atoms with E-state index in [4.69, 9.17) is 11.6 Å². The third kappa shape index (κ3) is 5.96. The lowest BCUT2D eigenvalue weighted by molar-refractivity contribution is -0.137. The van der Waals surface area contributed by atoms with Crippen LogP contribution in [0.25, 0.3) is 0 Å². The van der Waals surface area contributed by atoms with Crippen LogP contribution in [0.3, 0.4) is 0 Å². The van der Waals surface area contributed by atoms with Gasteiger partial charge in [0.15, 0.2) is 0 Å². The molecular formula is C13H18ClF3N2O. The van der Waals surface area contributed by atoms with Crippen molar-refractivity contribution in [3.8, 4) is 0 Å². The molecular weight excluding hydrogens is 293 g/mol. The van der Waals surface area contributed by atoms with Crippen LogP contribution in [-0.2, 0) is 6.18 Å². The van der Waals surface area contributed by atoms with Gasteiger partial charge in [0.2, 0.25) is 0 Å². The molecule has 1 heterocycles. The lowest BCUT2D eigenvalue weighted by Gasteiger charge is -2.22. The van der Waals surface area contributed by atoms with Crippen LogP contribution in [0.5, 0.6) is 0 Å². The first-order chi connectivity index (χ1) is 8.97. The number of hydrogen-bond acceptors (Lipinski definition) is 3. The van der Waals surface area contributed by atoms with E-state index >= 15 is 0 Å². The van der Waals surface area contributed by atoms with Gasteiger partial charge in [0.05, 0.1) is 11.7 Å². The molecule has 1 aromatic rings. The van der Waals surface area contributed by atoms with Crippen LogP contribution in [0.15, 0.2) is 12.1 Å². The Bertz CT molecular complexity index is 458. The third-order valence-corrected chi connectivity index (χ3v) is 2.68. The molecule has 1 unspecified atom stereocenters. The fraction of sp³-hybridized carbons (Fsp3) is 0.615.